The number of thioether (sulfide) groups is 2. The lowest BCUT2D eigenvalue weighted by molar-refractivity contribution is 0.149. The van der Waals surface area contributed by atoms with E-state index in [1.165, 1.54) is 38.8 Å². The fraction of sp³-hybridized carbons (Fsp3) is 0.938. The van der Waals surface area contributed by atoms with E-state index in [1.54, 1.807) is 11.8 Å². The third kappa shape index (κ3) is 8.38. The quantitative estimate of drug-likeness (QED) is 0.400. The molecule has 1 heterocycles. The van der Waals surface area contributed by atoms with E-state index in [0.717, 1.165) is 30.0 Å². The van der Waals surface area contributed by atoms with E-state index in [4.69, 9.17) is 17.7 Å². The zero-order valence-corrected chi connectivity index (χ0v) is 17.7. The van der Waals surface area contributed by atoms with E-state index in [0.29, 0.717) is 0 Å². The maximum Gasteiger partial charge on any atom is 0.154 e. The highest BCUT2D eigenvalue weighted by molar-refractivity contribution is 8.41. The fourth-order valence-electron chi connectivity index (χ4n) is 2.60. The lowest BCUT2D eigenvalue weighted by Crippen LogP contribution is -2.37. The maximum atomic E-state index is 4.80. The molecule has 0 spiro atoms. The molecule has 0 aliphatic carbocycles. The van der Waals surface area contributed by atoms with Crippen LogP contribution in [0.1, 0.15) is 53.4 Å². The molecule has 1 atom stereocenters. The molecule has 0 radical (unpaired) electrons. The van der Waals surface area contributed by atoms with E-state index in [9.17, 15) is 0 Å². The minimum atomic E-state index is 0.152. The van der Waals surface area contributed by atoms with Crippen molar-refractivity contribution in [1.29, 1.82) is 0 Å². The van der Waals surface area contributed by atoms with Gasteiger partial charge in [0, 0.05) is 0 Å². The number of hydrogen-bond donors (Lipinski definition) is 1. The van der Waals surface area contributed by atoms with Crippen molar-refractivity contribution < 1.29 is 0 Å². The molecule has 136 valence electrons. The minimum Gasteiger partial charge on any atom is -0.294 e. The summed E-state index contributed by atoms with van der Waals surface area (Å²) in [5, 5.41) is 6.93. The second kappa shape index (κ2) is 12.8. The molecule has 4 nitrogen and oxygen atoms in total. The first-order chi connectivity index (χ1) is 11.1. The van der Waals surface area contributed by atoms with Gasteiger partial charge in [-0.1, -0.05) is 51.2 Å². The summed E-state index contributed by atoms with van der Waals surface area (Å²) in [4.78, 5) is 4.99. The molecule has 0 N–H and O–H groups in total. The van der Waals surface area contributed by atoms with Gasteiger partial charge in [0.2, 0.25) is 0 Å². The van der Waals surface area contributed by atoms with Gasteiger partial charge in [0.15, 0.2) is 4.38 Å². The minimum absolute atomic E-state index is 0.152. The van der Waals surface area contributed by atoms with Crippen LogP contribution in [0.3, 0.4) is 0 Å². The Morgan fingerprint density at radius 1 is 1.00 bits per heavy atom. The van der Waals surface area contributed by atoms with Crippen LogP contribution in [0, 0.1) is 0 Å². The number of hydrogen-bond acceptors (Lipinski definition) is 7. The summed E-state index contributed by atoms with van der Waals surface area (Å²) in [6.07, 6.45) is 4.80. The highest BCUT2D eigenvalue weighted by Crippen LogP contribution is 2.34. The summed E-state index contributed by atoms with van der Waals surface area (Å²) >= 11 is 8.35. The van der Waals surface area contributed by atoms with Crippen LogP contribution >= 0.6 is 36.2 Å². The van der Waals surface area contributed by atoms with Crippen LogP contribution in [0.5, 0.6) is 0 Å². The molecule has 0 amide bonds. The molecule has 1 unspecified atom stereocenters. The molecular weight excluding hydrogens is 344 g/mol. The van der Waals surface area contributed by atoms with Gasteiger partial charge in [-0.3, -0.25) is 14.8 Å². The first kappa shape index (κ1) is 21.5. The van der Waals surface area contributed by atoms with Gasteiger partial charge < -0.3 is 0 Å². The third-order valence-corrected chi connectivity index (χ3v) is 6.33. The van der Waals surface area contributed by atoms with E-state index >= 15 is 0 Å². The normalized spacial score (nSPS) is 18.3. The van der Waals surface area contributed by atoms with E-state index in [2.05, 4.69) is 42.5 Å². The zero-order chi connectivity index (χ0) is 17.1. The first-order valence-electron chi connectivity index (χ1n) is 8.91. The molecule has 1 aliphatic rings. The van der Waals surface area contributed by atoms with Crippen molar-refractivity contribution in [2.75, 3.05) is 38.7 Å². The molecule has 0 saturated heterocycles. The Kier molecular flexibility index (Phi) is 11.9. The van der Waals surface area contributed by atoms with Gasteiger partial charge in [-0.25, -0.2) is 0 Å². The molecule has 0 bridgehead atoms. The molecule has 1 rings (SSSR count). The molecule has 0 saturated carbocycles. The number of nitrogens with zero attached hydrogens (tertiary/aromatic N) is 4. The van der Waals surface area contributed by atoms with Crippen LogP contribution in [-0.2, 0) is 0 Å². The van der Waals surface area contributed by atoms with Crippen molar-refractivity contribution >= 4 is 40.5 Å². The lowest BCUT2D eigenvalue weighted by atomic mass is 10.4. The topological polar surface area (TPSA) is 22.1 Å². The number of thiol groups is 1. The Hall–Kier alpha value is 0.440. The molecule has 0 aromatic carbocycles. The van der Waals surface area contributed by atoms with Crippen LogP contribution < -0.4 is 0 Å². The summed E-state index contributed by atoms with van der Waals surface area (Å²) in [5.41, 5.74) is 0. The van der Waals surface area contributed by atoms with Crippen LogP contribution in [0.15, 0.2) is 5.10 Å². The molecule has 1 aliphatic heterocycles. The lowest BCUT2D eigenvalue weighted by Gasteiger charge is -2.27. The average molecular weight is 379 g/mol. The van der Waals surface area contributed by atoms with Crippen LogP contribution in [-0.4, -0.2) is 62.6 Å². The number of hydrazone groups is 1. The van der Waals surface area contributed by atoms with E-state index in [1.807, 2.05) is 11.8 Å². The van der Waals surface area contributed by atoms with Crippen molar-refractivity contribution in [2.45, 2.75) is 58.1 Å². The van der Waals surface area contributed by atoms with Gasteiger partial charge in [-0.2, -0.15) is 5.10 Å². The molecule has 7 heteroatoms. The second-order valence-electron chi connectivity index (χ2n) is 5.90. The summed E-state index contributed by atoms with van der Waals surface area (Å²) in [7, 11) is 0. The summed E-state index contributed by atoms with van der Waals surface area (Å²) < 4.78 is 1.31. The smallest absolute Gasteiger partial charge is 0.154 e. The summed E-state index contributed by atoms with van der Waals surface area (Å²) in [6, 6.07) is 0. The van der Waals surface area contributed by atoms with Gasteiger partial charge >= 0.3 is 0 Å². The van der Waals surface area contributed by atoms with Crippen molar-refractivity contribution in [3.8, 4) is 0 Å². The molecule has 0 aromatic heterocycles. The van der Waals surface area contributed by atoms with Crippen LogP contribution in [0.25, 0.3) is 0 Å². The highest BCUT2D eigenvalue weighted by Gasteiger charge is 2.26. The molecule has 23 heavy (non-hydrogen) atoms. The summed E-state index contributed by atoms with van der Waals surface area (Å²) in [5.74, 6) is 1.04. The first-order valence-corrected chi connectivity index (χ1v) is 11.3. The number of rotatable bonds is 12. The Balaban J connectivity index is 2.48. The monoisotopic (exact) mass is 378 g/mol. The predicted octanol–water partition coefficient (Wildman–Crippen LogP) is 4.41. The zero-order valence-electron chi connectivity index (χ0n) is 15.2. The summed E-state index contributed by atoms with van der Waals surface area (Å²) in [6.45, 7) is 14.5. The third-order valence-electron chi connectivity index (χ3n) is 3.55. The van der Waals surface area contributed by atoms with Crippen molar-refractivity contribution in [1.82, 2.24) is 14.8 Å². The van der Waals surface area contributed by atoms with Gasteiger partial charge in [0.05, 0.1) is 12.5 Å². The standard InChI is InChI=1S/C16H34N4S3/c1-5-9-18(10-6-2)13-20-16(21)23-15(17-20)22-14-19(11-7-3)12-8-4/h16,21H,5-14H2,1-4H3. The van der Waals surface area contributed by atoms with Gasteiger partial charge in [-0.05, 0) is 51.9 Å². The van der Waals surface area contributed by atoms with Crippen molar-refractivity contribution in [3.63, 3.8) is 0 Å². The van der Waals surface area contributed by atoms with E-state index in [-0.39, 0.29) is 4.71 Å². The highest BCUT2D eigenvalue weighted by atomic mass is 32.2. The largest absolute Gasteiger partial charge is 0.294 e. The Bertz CT molecular complexity index is 329. The van der Waals surface area contributed by atoms with Gasteiger partial charge in [0.25, 0.3) is 0 Å². The predicted molar refractivity (Wildman–Crippen MR) is 111 cm³/mol. The Labute approximate surface area is 157 Å². The second-order valence-corrected chi connectivity index (χ2v) is 9.00. The molecular formula is C16H34N4S3. The average Bonchev–Trinajstić information content (AvgIpc) is 2.86. The SMILES string of the molecule is CCCN(CCC)CSC1=NN(CN(CCC)CCC)C(S)S1. The fourth-order valence-corrected chi connectivity index (χ4v) is 5.23. The van der Waals surface area contributed by atoms with Crippen LogP contribution in [0.4, 0.5) is 0 Å². The molecule has 0 fully saturated rings. The Morgan fingerprint density at radius 2 is 1.52 bits per heavy atom. The van der Waals surface area contributed by atoms with E-state index < -0.39 is 0 Å². The van der Waals surface area contributed by atoms with Crippen LogP contribution in [0.2, 0.25) is 0 Å². The van der Waals surface area contributed by atoms with Gasteiger partial charge in [0.1, 0.15) is 4.71 Å². The Morgan fingerprint density at radius 3 is 2.04 bits per heavy atom. The van der Waals surface area contributed by atoms with Crippen molar-refractivity contribution in [3.05, 3.63) is 0 Å². The van der Waals surface area contributed by atoms with Crippen molar-refractivity contribution in [2.24, 2.45) is 5.10 Å². The van der Waals surface area contributed by atoms with Gasteiger partial charge in [-0.15, -0.1) is 12.6 Å². The maximum absolute atomic E-state index is 4.80. The molecule has 0 aromatic rings.